The lowest BCUT2D eigenvalue weighted by atomic mass is 10.1. The number of hydrogen-bond acceptors (Lipinski definition) is 5. The number of benzene rings is 3. The quantitative estimate of drug-likeness (QED) is 0.468. The summed E-state index contributed by atoms with van der Waals surface area (Å²) in [6.45, 7) is 8.25. The number of para-hydroxylation sites is 1. The molecule has 1 aliphatic heterocycles. The Bertz CT molecular complexity index is 1120. The maximum absolute atomic E-state index is 13.3. The van der Waals surface area contributed by atoms with Crippen molar-refractivity contribution in [1.29, 1.82) is 0 Å². The van der Waals surface area contributed by atoms with Gasteiger partial charge >= 0.3 is 0 Å². The lowest BCUT2D eigenvalue weighted by Gasteiger charge is -2.23. The molecule has 4 rings (SSSR count). The van der Waals surface area contributed by atoms with Crippen molar-refractivity contribution in [2.75, 3.05) is 32.9 Å². The summed E-state index contributed by atoms with van der Waals surface area (Å²) in [5.74, 6) is 1.36. The number of hydrogen-bond donors (Lipinski definition) is 1. The van der Waals surface area contributed by atoms with Crippen LogP contribution in [-0.2, 0) is 17.7 Å². The molecule has 0 saturated heterocycles. The molecule has 0 unspecified atom stereocenters. The van der Waals surface area contributed by atoms with Crippen molar-refractivity contribution in [1.82, 2.24) is 10.2 Å². The second-order valence-corrected chi connectivity index (χ2v) is 10.1. The molecule has 0 spiro atoms. The highest BCUT2D eigenvalue weighted by atomic mass is 16.5. The fourth-order valence-electron chi connectivity index (χ4n) is 4.62. The van der Waals surface area contributed by atoms with Gasteiger partial charge in [-0.3, -0.25) is 9.69 Å². The van der Waals surface area contributed by atoms with Gasteiger partial charge in [0.15, 0.2) is 0 Å². The summed E-state index contributed by atoms with van der Waals surface area (Å²) < 4.78 is 18.0. The highest BCUT2D eigenvalue weighted by Crippen LogP contribution is 2.20. The molecule has 1 atom stereocenters. The first-order valence-corrected chi connectivity index (χ1v) is 13.7. The molecule has 1 amide bonds. The van der Waals surface area contributed by atoms with E-state index in [1.807, 2.05) is 68.4 Å². The summed E-state index contributed by atoms with van der Waals surface area (Å²) in [6, 6.07) is 25.9. The van der Waals surface area contributed by atoms with Gasteiger partial charge in [0, 0.05) is 19.7 Å². The third kappa shape index (κ3) is 8.89. The Balaban J connectivity index is 1.43. The highest BCUT2D eigenvalue weighted by molar-refractivity contribution is 5.97. The first-order chi connectivity index (χ1) is 18.6. The predicted molar refractivity (Wildman–Crippen MR) is 151 cm³/mol. The van der Waals surface area contributed by atoms with Gasteiger partial charge < -0.3 is 19.5 Å². The van der Waals surface area contributed by atoms with Crippen LogP contribution in [0.5, 0.6) is 11.5 Å². The van der Waals surface area contributed by atoms with E-state index in [4.69, 9.17) is 14.2 Å². The first kappa shape index (κ1) is 27.7. The average Bonchev–Trinajstić information content (AvgIpc) is 2.92. The van der Waals surface area contributed by atoms with Crippen LogP contribution >= 0.6 is 0 Å². The topological polar surface area (TPSA) is 60.0 Å². The fraction of sp³-hybridized carbons (Fsp3) is 0.406. The second kappa shape index (κ2) is 14.6. The third-order valence-electron chi connectivity index (χ3n) is 6.49. The molecule has 0 aromatic heterocycles. The van der Waals surface area contributed by atoms with Gasteiger partial charge in [0.25, 0.3) is 5.91 Å². The number of amides is 1. The maximum Gasteiger partial charge on any atom is 0.255 e. The van der Waals surface area contributed by atoms with Crippen molar-refractivity contribution < 1.29 is 19.0 Å². The average molecular weight is 517 g/mol. The Morgan fingerprint density at radius 2 is 1.66 bits per heavy atom. The number of nitrogens with zero attached hydrogens (tertiary/aromatic N) is 1. The largest absolute Gasteiger partial charge is 0.491 e. The monoisotopic (exact) mass is 516 g/mol. The Morgan fingerprint density at radius 1 is 0.895 bits per heavy atom. The zero-order valence-electron chi connectivity index (χ0n) is 22.6. The van der Waals surface area contributed by atoms with Gasteiger partial charge in [-0.25, -0.2) is 0 Å². The number of ether oxygens (including phenoxy) is 3. The molecule has 0 aliphatic carbocycles. The smallest absolute Gasteiger partial charge is 0.255 e. The van der Waals surface area contributed by atoms with E-state index in [-0.39, 0.29) is 18.1 Å². The zero-order valence-corrected chi connectivity index (χ0v) is 22.6. The molecule has 38 heavy (non-hydrogen) atoms. The van der Waals surface area contributed by atoms with Crippen LogP contribution in [0.2, 0.25) is 0 Å². The SMILES string of the molecule is CC(C)Oc1ccc(CN2CCCCOC[C@H](Cc3ccccc3)NC(=O)c3ccccc3OCC2)cc1. The molecule has 0 radical (unpaired) electrons. The van der Waals surface area contributed by atoms with E-state index in [2.05, 4.69) is 34.5 Å². The van der Waals surface area contributed by atoms with Crippen LogP contribution < -0.4 is 14.8 Å². The molecule has 3 aromatic rings. The van der Waals surface area contributed by atoms with Gasteiger partial charge in [-0.2, -0.15) is 0 Å². The Labute approximate surface area is 226 Å². The maximum atomic E-state index is 13.3. The van der Waals surface area contributed by atoms with Gasteiger partial charge in [-0.05, 0) is 75.0 Å². The van der Waals surface area contributed by atoms with E-state index in [1.54, 1.807) is 0 Å². The standard InChI is InChI=1S/C32H40N2O4/c1-25(2)38-29-16-14-27(15-17-29)23-34-18-8-9-20-36-24-28(22-26-10-4-3-5-11-26)33-32(35)30-12-6-7-13-31(30)37-21-19-34/h3-7,10-17,25,28H,8-9,18-24H2,1-2H3,(H,33,35)/t28-/m0/s1. The van der Waals surface area contributed by atoms with Gasteiger partial charge in [0.2, 0.25) is 0 Å². The highest BCUT2D eigenvalue weighted by Gasteiger charge is 2.19. The summed E-state index contributed by atoms with van der Waals surface area (Å²) in [6.07, 6.45) is 2.86. The lowest BCUT2D eigenvalue weighted by Crippen LogP contribution is -2.40. The van der Waals surface area contributed by atoms with Crippen LogP contribution in [0.1, 0.15) is 48.2 Å². The van der Waals surface area contributed by atoms with E-state index < -0.39 is 0 Å². The second-order valence-electron chi connectivity index (χ2n) is 10.1. The molecule has 1 heterocycles. The molecule has 1 aliphatic rings. The van der Waals surface area contributed by atoms with E-state index >= 15 is 0 Å². The third-order valence-corrected chi connectivity index (χ3v) is 6.49. The fourth-order valence-corrected chi connectivity index (χ4v) is 4.62. The Hall–Kier alpha value is -3.35. The summed E-state index contributed by atoms with van der Waals surface area (Å²) in [7, 11) is 0. The molecule has 6 nitrogen and oxygen atoms in total. The molecule has 6 heteroatoms. The molecule has 202 valence electrons. The van der Waals surface area contributed by atoms with Crippen LogP contribution in [0.3, 0.4) is 0 Å². The van der Waals surface area contributed by atoms with Gasteiger partial charge in [0.1, 0.15) is 18.1 Å². The molecule has 0 fully saturated rings. The molecule has 1 N–H and O–H groups in total. The van der Waals surface area contributed by atoms with E-state index in [0.717, 1.165) is 38.2 Å². The van der Waals surface area contributed by atoms with Gasteiger partial charge in [-0.1, -0.05) is 54.6 Å². The molecular formula is C32H40N2O4. The summed E-state index contributed by atoms with van der Waals surface area (Å²) in [5.41, 5.74) is 2.95. The minimum absolute atomic E-state index is 0.123. The van der Waals surface area contributed by atoms with Crippen molar-refractivity contribution in [2.24, 2.45) is 0 Å². The van der Waals surface area contributed by atoms with Crippen LogP contribution in [-0.4, -0.2) is 55.9 Å². The van der Waals surface area contributed by atoms with Crippen molar-refractivity contribution in [2.45, 2.75) is 51.8 Å². The molecular weight excluding hydrogens is 476 g/mol. The summed E-state index contributed by atoms with van der Waals surface area (Å²) in [5, 5.41) is 3.18. The van der Waals surface area contributed by atoms with E-state index in [9.17, 15) is 4.79 Å². The van der Waals surface area contributed by atoms with E-state index in [0.29, 0.717) is 37.6 Å². The number of nitrogens with one attached hydrogen (secondary N) is 1. The minimum atomic E-state index is -0.138. The predicted octanol–water partition coefficient (Wildman–Crippen LogP) is 5.51. The lowest BCUT2D eigenvalue weighted by molar-refractivity contribution is 0.0823. The normalized spacial score (nSPS) is 18.0. The van der Waals surface area contributed by atoms with Crippen molar-refractivity contribution in [3.05, 3.63) is 95.6 Å². The van der Waals surface area contributed by atoms with Crippen LogP contribution in [0, 0.1) is 0 Å². The molecule has 0 saturated carbocycles. The van der Waals surface area contributed by atoms with Crippen molar-refractivity contribution in [3.8, 4) is 11.5 Å². The first-order valence-electron chi connectivity index (χ1n) is 13.7. The van der Waals surface area contributed by atoms with Crippen LogP contribution in [0.4, 0.5) is 0 Å². The summed E-state index contributed by atoms with van der Waals surface area (Å²) >= 11 is 0. The zero-order chi connectivity index (χ0) is 26.6. The van der Waals surface area contributed by atoms with Crippen LogP contribution in [0.25, 0.3) is 0 Å². The van der Waals surface area contributed by atoms with Crippen molar-refractivity contribution >= 4 is 5.91 Å². The van der Waals surface area contributed by atoms with Gasteiger partial charge in [-0.15, -0.1) is 0 Å². The Morgan fingerprint density at radius 3 is 2.45 bits per heavy atom. The molecule has 3 aromatic carbocycles. The van der Waals surface area contributed by atoms with Crippen molar-refractivity contribution in [3.63, 3.8) is 0 Å². The van der Waals surface area contributed by atoms with E-state index in [1.165, 1.54) is 11.1 Å². The number of carbonyl (C=O) groups excluding carboxylic acids is 1. The molecule has 0 bridgehead atoms. The number of fused-ring (bicyclic) bond motifs is 1. The number of carbonyl (C=O) groups is 1. The Kier molecular flexibility index (Phi) is 10.6. The summed E-state index contributed by atoms with van der Waals surface area (Å²) in [4.78, 5) is 15.7. The number of rotatable bonds is 6. The van der Waals surface area contributed by atoms with Crippen LogP contribution in [0.15, 0.2) is 78.9 Å². The van der Waals surface area contributed by atoms with Gasteiger partial charge in [0.05, 0.1) is 24.3 Å². The minimum Gasteiger partial charge on any atom is -0.491 e.